The van der Waals surface area contributed by atoms with Crippen LogP contribution in [0.5, 0.6) is 0 Å². The molecule has 0 spiro atoms. The Labute approximate surface area is 194 Å². The first-order valence-electron chi connectivity index (χ1n) is 11.5. The summed E-state index contributed by atoms with van der Waals surface area (Å²) < 4.78 is 4.95. The second-order valence-corrected chi connectivity index (χ2v) is 8.15. The fourth-order valence-corrected chi connectivity index (χ4v) is 4.05. The highest BCUT2D eigenvalue weighted by atomic mass is 16.5. The normalized spacial score (nSPS) is 19.6. The molecule has 180 valence electrons. The zero-order chi connectivity index (χ0) is 23.8. The maximum absolute atomic E-state index is 13.0. The fourth-order valence-electron chi connectivity index (χ4n) is 4.05. The van der Waals surface area contributed by atoms with E-state index in [0.29, 0.717) is 24.3 Å². The lowest BCUT2D eigenvalue weighted by molar-refractivity contribution is -0.145. The van der Waals surface area contributed by atoms with Crippen LogP contribution < -0.4 is 10.6 Å². The lowest BCUT2D eigenvalue weighted by atomic mass is 10.1. The van der Waals surface area contributed by atoms with Gasteiger partial charge < -0.3 is 25.2 Å². The molecule has 1 aromatic rings. The van der Waals surface area contributed by atoms with Crippen molar-refractivity contribution >= 4 is 29.4 Å². The molecule has 1 aromatic carbocycles. The molecule has 2 heterocycles. The van der Waals surface area contributed by atoms with Crippen LogP contribution in [0.2, 0.25) is 0 Å². The van der Waals surface area contributed by atoms with Gasteiger partial charge in [-0.2, -0.15) is 0 Å². The van der Waals surface area contributed by atoms with Crippen molar-refractivity contribution in [3.63, 3.8) is 0 Å². The number of esters is 1. The molecule has 10 nitrogen and oxygen atoms in total. The summed E-state index contributed by atoms with van der Waals surface area (Å²) in [5, 5.41) is 5.49. The Morgan fingerprint density at radius 2 is 1.70 bits per heavy atom. The Balaban J connectivity index is 1.56. The molecule has 3 amide bonds. The van der Waals surface area contributed by atoms with Crippen molar-refractivity contribution in [2.24, 2.45) is 0 Å². The third kappa shape index (κ3) is 6.75. The topological polar surface area (TPSA) is 111 Å². The summed E-state index contributed by atoms with van der Waals surface area (Å²) in [4.78, 5) is 55.8. The summed E-state index contributed by atoms with van der Waals surface area (Å²) in [7, 11) is 0. The highest BCUT2D eigenvalue weighted by Gasteiger charge is 2.35. The average Bonchev–Trinajstić information content (AvgIpc) is 2.81. The number of piperazine rings is 2. The number of rotatable bonds is 8. The van der Waals surface area contributed by atoms with Crippen molar-refractivity contribution in [2.45, 2.75) is 26.3 Å². The Morgan fingerprint density at radius 3 is 2.33 bits per heavy atom. The quantitative estimate of drug-likeness (QED) is 0.533. The van der Waals surface area contributed by atoms with Crippen LogP contribution in [0.25, 0.3) is 0 Å². The standard InChI is InChI=1S/C23H33N5O5/c1-3-26-11-13-27(14-12-26)16-21(30)28-10-9-24-22(31)19(28)15-20(29)25-18-7-5-17(6-8-18)23(32)33-4-2/h5-8,19H,3-4,9-16H2,1-2H3,(H,24,31)(H,25,29). The average molecular weight is 460 g/mol. The fraction of sp³-hybridized carbons (Fsp3) is 0.565. The highest BCUT2D eigenvalue weighted by Crippen LogP contribution is 2.15. The van der Waals surface area contributed by atoms with E-state index in [1.54, 1.807) is 31.2 Å². The van der Waals surface area contributed by atoms with E-state index >= 15 is 0 Å². The van der Waals surface area contributed by atoms with Crippen molar-refractivity contribution in [1.82, 2.24) is 20.0 Å². The second kappa shape index (κ2) is 11.8. The van der Waals surface area contributed by atoms with Crippen molar-refractivity contribution in [2.75, 3.05) is 64.3 Å². The van der Waals surface area contributed by atoms with Crippen LogP contribution in [0.3, 0.4) is 0 Å². The first-order valence-corrected chi connectivity index (χ1v) is 11.5. The summed E-state index contributed by atoms with van der Waals surface area (Å²) in [5.41, 5.74) is 0.883. The van der Waals surface area contributed by atoms with Gasteiger partial charge in [0.1, 0.15) is 6.04 Å². The molecule has 0 radical (unpaired) electrons. The summed E-state index contributed by atoms with van der Waals surface area (Å²) in [5.74, 6) is -1.26. The van der Waals surface area contributed by atoms with Crippen LogP contribution in [0.4, 0.5) is 5.69 Å². The Bertz CT molecular complexity index is 851. The molecule has 2 aliphatic rings. The molecule has 2 N–H and O–H groups in total. The largest absolute Gasteiger partial charge is 0.462 e. The van der Waals surface area contributed by atoms with Gasteiger partial charge in [0.05, 0.1) is 25.1 Å². The second-order valence-electron chi connectivity index (χ2n) is 8.15. The van der Waals surface area contributed by atoms with Crippen molar-refractivity contribution in [3.05, 3.63) is 29.8 Å². The zero-order valence-electron chi connectivity index (χ0n) is 19.3. The molecular weight excluding hydrogens is 426 g/mol. The molecule has 2 fully saturated rings. The maximum Gasteiger partial charge on any atom is 0.338 e. The number of nitrogens with zero attached hydrogens (tertiary/aromatic N) is 3. The molecule has 1 atom stereocenters. The predicted octanol–water partition coefficient (Wildman–Crippen LogP) is 0.156. The molecule has 0 aromatic heterocycles. The van der Waals surface area contributed by atoms with E-state index < -0.39 is 12.0 Å². The van der Waals surface area contributed by atoms with Gasteiger partial charge in [-0.1, -0.05) is 6.92 Å². The smallest absolute Gasteiger partial charge is 0.338 e. The molecule has 0 aliphatic carbocycles. The van der Waals surface area contributed by atoms with Crippen molar-refractivity contribution < 1.29 is 23.9 Å². The maximum atomic E-state index is 13.0. The predicted molar refractivity (Wildman–Crippen MR) is 123 cm³/mol. The molecule has 10 heteroatoms. The number of anilines is 1. The van der Waals surface area contributed by atoms with Crippen LogP contribution in [-0.2, 0) is 19.1 Å². The van der Waals surface area contributed by atoms with Crippen molar-refractivity contribution in [3.8, 4) is 0 Å². The van der Waals surface area contributed by atoms with E-state index in [0.717, 1.165) is 32.7 Å². The summed E-state index contributed by atoms with van der Waals surface area (Å²) >= 11 is 0. The third-order valence-electron chi connectivity index (χ3n) is 5.98. The van der Waals surface area contributed by atoms with E-state index in [1.807, 2.05) is 0 Å². The van der Waals surface area contributed by atoms with Crippen molar-refractivity contribution in [1.29, 1.82) is 0 Å². The van der Waals surface area contributed by atoms with Gasteiger partial charge in [0.15, 0.2) is 0 Å². The molecule has 0 bridgehead atoms. The van der Waals surface area contributed by atoms with Crippen LogP contribution in [0.1, 0.15) is 30.6 Å². The van der Waals surface area contributed by atoms with Crippen LogP contribution in [0.15, 0.2) is 24.3 Å². The van der Waals surface area contributed by atoms with Crippen LogP contribution in [-0.4, -0.2) is 103 Å². The highest BCUT2D eigenvalue weighted by molar-refractivity contribution is 5.98. The molecule has 1 unspecified atom stereocenters. The molecule has 3 rings (SSSR count). The number of nitrogens with one attached hydrogen (secondary N) is 2. The van der Waals surface area contributed by atoms with E-state index in [1.165, 1.54) is 4.90 Å². The van der Waals surface area contributed by atoms with Gasteiger partial charge in [0.2, 0.25) is 17.7 Å². The first-order chi connectivity index (χ1) is 15.9. The number of amides is 3. The van der Waals surface area contributed by atoms with Gasteiger partial charge in [0, 0.05) is 45.0 Å². The minimum atomic E-state index is -0.845. The van der Waals surface area contributed by atoms with Gasteiger partial charge in [0.25, 0.3) is 0 Å². The number of carbonyl (C=O) groups is 4. The summed E-state index contributed by atoms with van der Waals surface area (Å²) in [6, 6.07) is 5.49. The monoisotopic (exact) mass is 459 g/mol. The van der Waals surface area contributed by atoms with Gasteiger partial charge in [-0.05, 0) is 37.7 Å². The van der Waals surface area contributed by atoms with E-state index in [-0.39, 0.29) is 37.3 Å². The number of ether oxygens (including phenoxy) is 1. The summed E-state index contributed by atoms with van der Waals surface area (Å²) in [6.07, 6.45) is -0.138. The zero-order valence-corrected chi connectivity index (χ0v) is 19.3. The first kappa shape index (κ1) is 24.7. The minimum absolute atomic E-state index is 0.133. The van der Waals surface area contributed by atoms with E-state index in [2.05, 4.69) is 27.4 Å². The van der Waals surface area contributed by atoms with Gasteiger partial charge in [-0.25, -0.2) is 4.79 Å². The lowest BCUT2D eigenvalue weighted by Gasteiger charge is -2.38. The van der Waals surface area contributed by atoms with Crippen LogP contribution >= 0.6 is 0 Å². The Hall–Kier alpha value is -2.98. The van der Waals surface area contributed by atoms with Gasteiger partial charge >= 0.3 is 5.97 Å². The Kier molecular flexibility index (Phi) is 8.79. The molecular formula is C23H33N5O5. The number of likely N-dealkylation sites (N-methyl/N-ethyl adjacent to an activating group) is 1. The number of hydrogen-bond donors (Lipinski definition) is 2. The Morgan fingerprint density at radius 1 is 1.03 bits per heavy atom. The van der Waals surface area contributed by atoms with Gasteiger partial charge in [-0.15, -0.1) is 0 Å². The van der Waals surface area contributed by atoms with Crippen LogP contribution in [0, 0.1) is 0 Å². The van der Waals surface area contributed by atoms with E-state index in [4.69, 9.17) is 4.74 Å². The SMILES string of the molecule is CCOC(=O)c1ccc(NC(=O)CC2C(=O)NCCN2C(=O)CN2CCN(CC)CC2)cc1. The number of benzene rings is 1. The summed E-state index contributed by atoms with van der Waals surface area (Å²) in [6.45, 7) is 9.61. The number of hydrogen-bond acceptors (Lipinski definition) is 7. The minimum Gasteiger partial charge on any atom is -0.462 e. The number of carbonyl (C=O) groups excluding carboxylic acids is 4. The molecule has 0 saturated carbocycles. The molecule has 33 heavy (non-hydrogen) atoms. The van der Waals surface area contributed by atoms with Gasteiger partial charge in [-0.3, -0.25) is 19.3 Å². The molecule has 2 aliphatic heterocycles. The molecule has 2 saturated heterocycles. The lowest BCUT2D eigenvalue weighted by Crippen LogP contribution is -2.60. The van der Waals surface area contributed by atoms with E-state index in [9.17, 15) is 19.2 Å². The third-order valence-corrected chi connectivity index (χ3v) is 5.98.